The number of likely N-dealkylation sites (tertiary alicyclic amines) is 1. The molecule has 5 heteroatoms. The molecule has 2 N–H and O–H groups in total. The number of nitrogens with two attached hydrogens (primary N) is 1. The zero-order valence-corrected chi connectivity index (χ0v) is 11.3. The van der Waals surface area contributed by atoms with Crippen molar-refractivity contribution in [3.05, 3.63) is 34.9 Å². The van der Waals surface area contributed by atoms with Crippen LogP contribution in [0.25, 0.3) is 0 Å². The van der Waals surface area contributed by atoms with Crippen LogP contribution in [-0.2, 0) is 29.1 Å². The lowest BCUT2D eigenvalue weighted by molar-refractivity contribution is -0.122. The first kappa shape index (κ1) is 13.5. The van der Waals surface area contributed by atoms with E-state index in [0.29, 0.717) is 13.2 Å². The number of carbonyl (C=O) groups excluding carboxylic acids is 1. The van der Waals surface area contributed by atoms with Gasteiger partial charge in [-0.3, -0.25) is 9.69 Å². The molecule has 108 valence electrons. The van der Waals surface area contributed by atoms with Crippen LogP contribution in [0.15, 0.2) is 18.2 Å². The van der Waals surface area contributed by atoms with Crippen molar-refractivity contribution in [1.29, 1.82) is 0 Å². The van der Waals surface area contributed by atoms with Gasteiger partial charge in [0.15, 0.2) is 0 Å². The molecule has 0 saturated carbocycles. The van der Waals surface area contributed by atoms with E-state index in [-0.39, 0.29) is 13.0 Å². The van der Waals surface area contributed by atoms with Crippen LogP contribution in [0.5, 0.6) is 0 Å². The van der Waals surface area contributed by atoms with Crippen LogP contribution in [0.1, 0.15) is 23.1 Å². The molecule has 0 radical (unpaired) electrons. The number of rotatable bonds is 3. The summed E-state index contributed by atoms with van der Waals surface area (Å²) in [6, 6.07) is 5.62. The van der Waals surface area contributed by atoms with Crippen molar-refractivity contribution in [2.45, 2.75) is 38.2 Å². The molecule has 1 amide bonds. The molecule has 0 unspecified atom stereocenters. The molecular formula is C15H19FN2O2. The Bertz CT molecular complexity index is 521. The Kier molecular flexibility index (Phi) is 3.72. The summed E-state index contributed by atoms with van der Waals surface area (Å²) in [5, 5.41) is 0. The van der Waals surface area contributed by atoms with Crippen LogP contribution in [0.3, 0.4) is 0 Å². The van der Waals surface area contributed by atoms with Crippen LogP contribution < -0.4 is 5.73 Å². The summed E-state index contributed by atoms with van der Waals surface area (Å²) < 4.78 is 19.0. The van der Waals surface area contributed by atoms with E-state index in [1.807, 2.05) is 17.0 Å². The van der Waals surface area contributed by atoms with Crippen molar-refractivity contribution in [2.24, 2.45) is 5.73 Å². The Morgan fingerprint density at radius 3 is 3.15 bits per heavy atom. The number of primary amides is 1. The summed E-state index contributed by atoms with van der Waals surface area (Å²) in [6.07, 6.45) is 0.128. The van der Waals surface area contributed by atoms with Crippen molar-refractivity contribution in [2.75, 3.05) is 13.2 Å². The summed E-state index contributed by atoms with van der Waals surface area (Å²) in [4.78, 5) is 13.3. The van der Waals surface area contributed by atoms with Gasteiger partial charge in [-0.25, -0.2) is 4.39 Å². The van der Waals surface area contributed by atoms with Crippen LogP contribution >= 0.6 is 0 Å². The molecule has 1 saturated heterocycles. The Balaban J connectivity index is 1.82. The van der Waals surface area contributed by atoms with Crippen molar-refractivity contribution in [1.82, 2.24) is 4.90 Å². The second-order valence-electron chi connectivity index (χ2n) is 5.54. The van der Waals surface area contributed by atoms with Crippen LogP contribution in [-0.4, -0.2) is 36.2 Å². The largest absolute Gasteiger partial charge is 0.376 e. The van der Waals surface area contributed by atoms with Gasteiger partial charge in [0.1, 0.15) is 6.17 Å². The summed E-state index contributed by atoms with van der Waals surface area (Å²) in [5.41, 5.74) is 9.01. The van der Waals surface area contributed by atoms with E-state index in [4.69, 9.17) is 10.5 Å². The smallest absolute Gasteiger partial charge is 0.234 e. The number of alkyl halides is 1. The normalized spacial score (nSPS) is 26.4. The average molecular weight is 278 g/mol. The molecule has 3 rings (SSSR count). The van der Waals surface area contributed by atoms with Gasteiger partial charge in [-0.2, -0.15) is 0 Å². The van der Waals surface area contributed by atoms with Gasteiger partial charge in [-0.15, -0.1) is 0 Å². The maximum absolute atomic E-state index is 13.6. The quantitative estimate of drug-likeness (QED) is 0.902. The zero-order chi connectivity index (χ0) is 14.1. The molecule has 0 spiro atoms. The second kappa shape index (κ2) is 5.50. The molecule has 20 heavy (non-hydrogen) atoms. The van der Waals surface area contributed by atoms with Crippen molar-refractivity contribution >= 4 is 5.91 Å². The predicted octanol–water partition coefficient (Wildman–Crippen LogP) is 1.16. The maximum Gasteiger partial charge on any atom is 0.234 e. The number of hydrogen-bond acceptors (Lipinski definition) is 3. The number of ether oxygens (including phenoxy) is 1. The summed E-state index contributed by atoms with van der Waals surface area (Å²) in [6.45, 7) is 2.22. The predicted molar refractivity (Wildman–Crippen MR) is 72.7 cm³/mol. The minimum Gasteiger partial charge on any atom is -0.376 e. The standard InChI is InChI=1S/C15H19FN2O2/c16-12-6-14(15(17)19)18(8-12)7-10-2-1-3-11-9-20-5-4-13(10)11/h1-3,12,14H,4-9H2,(H2,17,19)/t12-,14+/m1/s1. The minimum absolute atomic E-state index is 0.216. The Morgan fingerprint density at radius 2 is 2.35 bits per heavy atom. The summed E-state index contributed by atoms with van der Waals surface area (Å²) in [7, 11) is 0. The van der Waals surface area contributed by atoms with E-state index < -0.39 is 18.1 Å². The molecule has 0 aliphatic carbocycles. The number of hydrogen-bond donors (Lipinski definition) is 1. The van der Waals surface area contributed by atoms with Crippen LogP contribution in [0.2, 0.25) is 0 Å². The Morgan fingerprint density at radius 1 is 1.50 bits per heavy atom. The third kappa shape index (κ3) is 2.55. The SMILES string of the molecule is NC(=O)[C@@H]1C[C@@H](F)CN1Cc1cccc2c1CCOC2. The minimum atomic E-state index is -0.963. The van der Waals surface area contributed by atoms with Gasteiger partial charge in [0.25, 0.3) is 0 Å². The van der Waals surface area contributed by atoms with E-state index in [0.717, 1.165) is 18.6 Å². The van der Waals surface area contributed by atoms with E-state index in [9.17, 15) is 9.18 Å². The molecule has 0 bridgehead atoms. The number of halogens is 1. The fourth-order valence-electron chi connectivity index (χ4n) is 3.19. The Hall–Kier alpha value is -1.46. The first-order chi connectivity index (χ1) is 9.65. The maximum atomic E-state index is 13.6. The second-order valence-corrected chi connectivity index (χ2v) is 5.54. The molecule has 1 aromatic rings. The number of nitrogens with zero attached hydrogens (tertiary/aromatic N) is 1. The highest BCUT2D eigenvalue weighted by Crippen LogP contribution is 2.26. The third-order valence-corrected chi connectivity index (χ3v) is 4.18. The van der Waals surface area contributed by atoms with Crippen molar-refractivity contribution in [3.8, 4) is 0 Å². The summed E-state index contributed by atoms with van der Waals surface area (Å²) in [5.74, 6) is -0.432. The van der Waals surface area contributed by atoms with Gasteiger partial charge < -0.3 is 10.5 Å². The van der Waals surface area contributed by atoms with Gasteiger partial charge >= 0.3 is 0 Å². The molecule has 2 aliphatic rings. The lowest BCUT2D eigenvalue weighted by atomic mass is 9.96. The number of benzene rings is 1. The highest BCUT2D eigenvalue weighted by Gasteiger charge is 2.36. The number of carbonyl (C=O) groups is 1. The van der Waals surface area contributed by atoms with Crippen LogP contribution in [0, 0.1) is 0 Å². The molecule has 4 nitrogen and oxygen atoms in total. The fourth-order valence-corrected chi connectivity index (χ4v) is 3.19. The van der Waals surface area contributed by atoms with E-state index >= 15 is 0 Å². The first-order valence-corrected chi connectivity index (χ1v) is 7.00. The van der Waals surface area contributed by atoms with Crippen LogP contribution in [0.4, 0.5) is 4.39 Å². The van der Waals surface area contributed by atoms with Gasteiger partial charge in [0.2, 0.25) is 5.91 Å². The summed E-state index contributed by atoms with van der Waals surface area (Å²) >= 11 is 0. The van der Waals surface area contributed by atoms with Gasteiger partial charge in [-0.05, 0) is 23.1 Å². The van der Waals surface area contributed by atoms with Gasteiger partial charge in [-0.1, -0.05) is 18.2 Å². The molecule has 0 aromatic heterocycles. The average Bonchev–Trinajstić information content (AvgIpc) is 2.80. The molecule has 1 aromatic carbocycles. The van der Waals surface area contributed by atoms with E-state index in [1.54, 1.807) is 0 Å². The lowest BCUT2D eigenvalue weighted by Crippen LogP contribution is -2.40. The highest BCUT2D eigenvalue weighted by molar-refractivity contribution is 5.80. The molecule has 2 heterocycles. The number of amides is 1. The third-order valence-electron chi connectivity index (χ3n) is 4.18. The van der Waals surface area contributed by atoms with E-state index in [1.165, 1.54) is 11.1 Å². The van der Waals surface area contributed by atoms with Gasteiger partial charge in [0.05, 0.1) is 19.3 Å². The molecule has 1 fully saturated rings. The number of fused-ring (bicyclic) bond motifs is 1. The Labute approximate surface area is 117 Å². The fraction of sp³-hybridized carbons (Fsp3) is 0.533. The lowest BCUT2D eigenvalue weighted by Gasteiger charge is -2.25. The van der Waals surface area contributed by atoms with Crippen molar-refractivity contribution < 1.29 is 13.9 Å². The van der Waals surface area contributed by atoms with Gasteiger partial charge in [0, 0.05) is 19.5 Å². The molecular weight excluding hydrogens is 259 g/mol. The zero-order valence-electron chi connectivity index (χ0n) is 11.3. The van der Waals surface area contributed by atoms with E-state index in [2.05, 4.69) is 6.07 Å². The monoisotopic (exact) mass is 278 g/mol. The topological polar surface area (TPSA) is 55.6 Å². The molecule has 2 aliphatic heterocycles. The van der Waals surface area contributed by atoms with Crippen molar-refractivity contribution in [3.63, 3.8) is 0 Å². The first-order valence-electron chi connectivity index (χ1n) is 7.00. The molecule has 2 atom stereocenters. The highest BCUT2D eigenvalue weighted by atomic mass is 19.1.